The second-order valence-electron chi connectivity index (χ2n) is 3.88. The van der Waals surface area contributed by atoms with E-state index >= 15 is 0 Å². The summed E-state index contributed by atoms with van der Waals surface area (Å²) in [4.78, 5) is 0. The summed E-state index contributed by atoms with van der Waals surface area (Å²) >= 11 is 0. The highest BCUT2D eigenvalue weighted by atomic mass is 19.1. The molecule has 0 aliphatic heterocycles. The van der Waals surface area contributed by atoms with Crippen molar-refractivity contribution in [3.63, 3.8) is 0 Å². The summed E-state index contributed by atoms with van der Waals surface area (Å²) in [5, 5.41) is 0. The van der Waals surface area contributed by atoms with E-state index in [2.05, 4.69) is 13.8 Å². The summed E-state index contributed by atoms with van der Waals surface area (Å²) < 4.78 is 25.6. The summed E-state index contributed by atoms with van der Waals surface area (Å²) in [6.07, 6.45) is 2.96. The zero-order chi connectivity index (χ0) is 10.6. The Hall–Kier alpha value is -0.920. The van der Waals surface area contributed by atoms with Gasteiger partial charge in [0.1, 0.15) is 11.6 Å². The molecule has 0 aliphatic rings. The average molecular weight is 198 g/mol. The van der Waals surface area contributed by atoms with E-state index in [1.54, 1.807) is 0 Å². The van der Waals surface area contributed by atoms with E-state index in [1.807, 2.05) is 0 Å². The summed E-state index contributed by atoms with van der Waals surface area (Å²) in [5.74, 6) is -0.478. The van der Waals surface area contributed by atoms with Gasteiger partial charge < -0.3 is 0 Å². The Balaban J connectivity index is 2.66. The van der Waals surface area contributed by atoms with Crippen molar-refractivity contribution in [2.45, 2.75) is 33.1 Å². The van der Waals surface area contributed by atoms with Gasteiger partial charge in [-0.15, -0.1) is 0 Å². The molecule has 14 heavy (non-hydrogen) atoms. The fourth-order valence-corrected chi connectivity index (χ4v) is 1.73. The molecule has 0 bridgehead atoms. The Labute approximate surface area is 84.0 Å². The van der Waals surface area contributed by atoms with Crippen molar-refractivity contribution in [3.8, 4) is 0 Å². The van der Waals surface area contributed by atoms with E-state index in [0.717, 1.165) is 30.9 Å². The van der Waals surface area contributed by atoms with Gasteiger partial charge in [0.25, 0.3) is 0 Å². The Morgan fingerprint density at radius 3 is 2.21 bits per heavy atom. The predicted octanol–water partition coefficient (Wildman–Crippen LogP) is 3.94. The van der Waals surface area contributed by atoms with Crippen molar-refractivity contribution in [1.82, 2.24) is 0 Å². The SMILES string of the molecule is CCC[C@H](C)Cc1cc(F)cc(F)c1. The second-order valence-corrected chi connectivity index (χ2v) is 3.88. The molecule has 0 aromatic heterocycles. The van der Waals surface area contributed by atoms with Gasteiger partial charge in [0.15, 0.2) is 0 Å². The van der Waals surface area contributed by atoms with Crippen molar-refractivity contribution in [3.05, 3.63) is 35.4 Å². The van der Waals surface area contributed by atoms with Crippen LogP contribution < -0.4 is 0 Å². The zero-order valence-corrected chi connectivity index (χ0v) is 8.69. The fraction of sp³-hybridized carbons (Fsp3) is 0.500. The minimum atomic E-state index is -0.483. The lowest BCUT2D eigenvalue weighted by Gasteiger charge is -2.09. The van der Waals surface area contributed by atoms with Crippen LogP contribution in [0.5, 0.6) is 0 Å². The van der Waals surface area contributed by atoms with Crippen molar-refractivity contribution < 1.29 is 8.78 Å². The van der Waals surface area contributed by atoms with Gasteiger partial charge in [-0.25, -0.2) is 8.78 Å². The van der Waals surface area contributed by atoms with E-state index < -0.39 is 11.6 Å². The second kappa shape index (κ2) is 5.08. The Morgan fingerprint density at radius 2 is 1.71 bits per heavy atom. The van der Waals surface area contributed by atoms with Gasteiger partial charge in [-0.1, -0.05) is 26.7 Å². The number of benzene rings is 1. The first-order chi connectivity index (χ1) is 6.61. The maximum Gasteiger partial charge on any atom is 0.126 e. The molecule has 78 valence electrons. The van der Waals surface area contributed by atoms with Crippen molar-refractivity contribution in [1.29, 1.82) is 0 Å². The van der Waals surface area contributed by atoms with Crippen LogP contribution in [0.3, 0.4) is 0 Å². The zero-order valence-electron chi connectivity index (χ0n) is 8.69. The quantitative estimate of drug-likeness (QED) is 0.687. The maximum absolute atomic E-state index is 12.8. The number of rotatable bonds is 4. The molecule has 0 unspecified atom stereocenters. The van der Waals surface area contributed by atoms with Gasteiger partial charge in [0, 0.05) is 6.07 Å². The van der Waals surface area contributed by atoms with Gasteiger partial charge >= 0.3 is 0 Å². The fourth-order valence-electron chi connectivity index (χ4n) is 1.73. The molecule has 2 heteroatoms. The first-order valence-electron chi connectivity index (χ1n) is 5.06. The van der Waals surface area contributed by atoms with Gasteiger partial charge in [0.2, 0.25) is 0 Å². The minimum Gasteiger partial charge on any atom is -0.207 e. The highest BCUT2D eigenvalue weighted by molar-refractivity contribution is 5.18. The standard InChI is InChI=1S/C12H16F2/c1-3-4-9(2)5-10-6-11(13)8-12(14)7-10/h6-9H,3-5H2,1-2H3/t9-/m0/s1. The van der Waals surface area contributed by atoms with E-state index in [4.69, 9.17) is 0 Å². The smallest absolute Gasteiger partial charge is 0.126 e. The Morgan fingerprint density at radius 1 is 1.14 bits per heavy atom. The molecule has 1 atom stereocenters. The molecule has 1 rings (SSSR count). The lowest BCUT2D eigenvalue weighted by atomic mass is 9.97. The van der Waals surface area contributed by atoms with Crippen molar-refractivity contribution in [2.24, 2.45) is 5.92 Å². The Kier molecular flexibility index (Phi) is 4.05. The molecule has 1 aromatic carbocycles. The molecule has 0 spiro atoms. The van der Waals surface area contributed by atoms with Gasteiger partial charge in [-0.05, 0) is 30.0 Å². The molecule has 0 saturated carbocycles. The van der Waals surface area contributed by atoms with E-state index in [0.29, 0.717) is 5.92 Å². The normalized spacial score (nSPS) is 12.9. The van der Waals surface area contributed by atoms with Crippen LogP contribution in [0.2, 0.25) is 0 Å². The molecule has 0 amide bonds. The van der Waals surface area contributed by atoms with Crippen LogP contribution in [0.4, 0.5) is 8.78 Å². The Bertz CT molecular complexity index is 274. The summed E-state index contributed by atoms with van der Waals surface area (Å²) in [6, 6.07) is 3.73. The number of hydrogen-bond donors (Lipinski definition) is 0. The third-order valence-corrected chi connectivity index (χ3v) is 2.29. The van der Waals surface area contributed by atoms with Crippen LogP contribution in [0.25, 0.3) is 0 Å². The summed E-state index contributed by atoms with van der Waals surface area (Å²) in [5.41, 5.74) is 0.753. The molecule has 0 fully saturated rings. The van der Waals surface area contributed by atoms with E-state index in [9.17, 15) is 8.78 Å². The first-order valence-corrected chi connectivity index (χ1v) is 5.06. The molecule has 0 saturated heterocycles. The lowest BCUT2D eigenvalue weighted by molar-refractivity contribution is 0.515. The largest absolute Gasteiger partial charge is 0.207 e. The molecule has 0 aliphatic carbocycles. The van der Waals surface area contributed by atoms with E-state index in [-0.39, 0.29) is 0 Å². The van der Waals surface area contributed by atoms with Gasteiger partial charge in [-0.2, -0.15) is 0 Å². The van der Waals surface area contributed by atoms with Crippen LogP contribution in [0.15, 0.2) is 18.2 Å². The predicted molar refractivity (Wildman–Crippen MR) is 54.1 cm³/mol. The molecule has 1 aromatic rings. The van der Waals surface area contributed by atoms with Crippen LogP contribution in [0, 0.1) is 17.6 Å². The lowest BCUT2D eigenvalue weighted by Crippen LogP contribution is -2.00. The average Bonchev–Trinajstić information content (AvgIpc) is 2.01. The molecule has 0 heterocycles. The summed E-state index contributed by atoms with van der Waals surface area (Å²) in [6.45, 7) is 4.22. The number of hydrogen-bond acceptors (Lipinski definition) is 0. The molecular weight excluding hydrogens is 182 g/mol. The van der Waals surface area contributed by atoms with Gasteiger partial charge in [-0.3, -0.25) is 0 Å². The first kappa shape index (κ1) is 11.2. The third kappa shape index (κ3) is 3.44. The number of halogens is 2. The van der Waals surface area contributed by atoms with Gasteiger partial charge in [0.05, 0.1) is 0 Å². The molecule has 0 N–H and O–H groups in total. The van der Waals surface area contributed by atoms with Crippen LogP contribution >= 0.6 is 0 Å². The topological polar surface area (TPSA) is 0 Å². The van der Waals surface area contributed by atoms with Crippen LogP contribution in [-0.4, -0.2) is 0 Å². The highest BCUT2D eigenvalue weighted by Gasteiger charge is 2.05. The van der Waals surface area contributed by atoms with Crippen LogP contribution in [0.1, 0.15) is 32.3 Å². The minimum absolute atomic E-state index is 0.483. The molecule has 0 nitrogen and oxygen atoms in total. The summed E-state index contributed by atoms with van der Waals surface area (Å²) in [7, 11) is 0. The van der Waals surface area contributed by atoms with E-state index in [1.165, 1.54) is 12.1 Å². The van der Waals surface area contributed by atoms with Crippen molar-refractivity contribution >= 4 is 0 Å². The van der Waals surface area contributed by atoms with Crippen molar-refractivity contribution in [2.75, 3.05) is 0 Å². The monoisotopic (exact) mass is 198 g/mol. The maximum atomic E-state index is 12.8. The molecule has 0 radical (unpaired) electrons. The third-order valence-electron chi connectivity index (χ3n) is 2.29. The molecular formula is C12H16F2. The van der Waals surface area contributed by atoms with Crippen LogP contribution in [-0.2, 0) is 6.42 Å². The highest BCUT2D eigenvalue weighted by Crippen LogP contribution is 2.15.